The van der Waals surface area contributed by atoms with Crippen molar-refractivity contribution in [3.8, 4) is 5.75 Å². The maximum absolute atomic E-state index is 11.2. The van der Waals surface area contributed by atoms with Crippen molar-refractivity contribution in [2.45, 2.75) is 6.54 Å². The van der Waals surface area contributed by atoms with Crippen LogP contribution in [-0.4, -0.2) is 29.1 Å². The van der Waals surface area contributed by atoms with Crippen LogP contribution in [0.1, 0.15) is 5.56 Å². The number of phenolic OH excluding ortho intramolecular Hbond substituents is 1. The summed E-state index contributed by atoms with van der Waals surface area (Å²) in [6.07, 6.45) is 0. The van der Waals surface area contributed by atoms with E-state index in [1.54, 1.807) is 23.1 Å². The van der Waals surface area contributed by atoms with Crippen LogP contribution >= 0.6 is 0 Å². The summed E-state index contributed by atoms with van der Waals surface area (Å²) >= 11 is 0. The molecule has 1 heterocycles. The molecule has 2 N–H and O–H groups in total. The summed E-state index contributed by atoms with van der Waals surface area (Å²) in [5.41, 5.74) is 0.946. The number of hydrogen-bond donors (Lipinski definition) is 2. The molecular weight excluding hydrogens is 180 g/mol. The van der Waals surface area contributed by atoms with E-state index in [0.29, 0.717) is 13.1 Å². The van der Waals surface area contributed by atoms with E-state index in [0.717, 1.165) is 12.1 Å². The number of amides is 2. The standard InChI is InChI=1S/C10H12N2O2/c13-9-3-1-2-8(6-9)7-12-5-4-11-10(12)14/h1-3,6,13H,4-5,7H2,(H,11,14). The van der Waals surface area contributed by atoms with Crippen LogP contribution in [-0.2, 0) is 6.54 Å². The molecule has 1 aliphatic heterocycles. The lowest BCUT2D eigenvalue weighted by molar-refractivity contribution is 0.215. The number of carbonyl (C=O) groups excluding carboxylic acids is 1. The minimum Gasteiger partial charge on any atom is -0.508 e. The molecule has 4 heteroatoms. The molecule has 1 saturated heterocycles. The van der Waals surface area contributed by atoms with Gasteiger partial charge in [0.2, 0.25) is 0 Å². The smallest absolute Gasteiger partial charge is 0.317 e. The average Bonchev–Trinajstić information content (AvgIpc) is 2.52. The molecule has 1 fully saturated rings. The Bertz CT molecular complexity index is 352. The summed E-state index contributed by atoms with van der Waals surface area (Å²) in [5.74, 6) is 0.238. The monoisotopic (exact) mass is 192 g/mol. The Morgan fingerprint density at radius 2 is 2.36 bits per heavy atom. The molecule has 2 amide bonds. The lowest BCUT2D eigenvalue weighted by Crippen LogP contribution is -2.27. The molecule has 1 aromatic rings. The van der Waals surface area contributed by atoms with E-state index in [4.69, 9.17) is 0 Å². The number of hydrogen-bond acceptors (Lipinski definition) is 2. The van der Waals surface area contributed by atoms with Gasteiger partial charge in [0, 0.05) is 19.6 Å². The zero-order valence-electron chi connectivity index (χ0n) is 7.73. The molecule has 0 saturated carbocycles. The molecule has 1 aliphatic rings. The highest BCUT2D eigenvalue weighted by Gasteiger charge is 2.18. The van der Waals surface area contributed by atoms with Crippen LogP contribution in [0.5, 0.6) is 5.75 Å². The zero-order valence-corrected chi connectivity index (χ0v) is 7.73. The van der Waals surface area contributed by atoms with Crippen LogP contribution in [0, 0.1) is 0 Å². The van der Waals surface area contributed by atoms with Crippen molar-refractivity contribution in [1.82, 2.24) is 10.2 Å². The van der Waals surface area contributed by atoms with Crippen molar-refractivity contribution in [2.75, 3.05) is 13.1 Å². The second kappa shape index (κ2) is 3.57. The maximum Gasteiger partial charge on any atom is 0.317 e. The summed E-state index contributed by atoms with van der Waals surface area (Å²) in [6, 6.07) is 6.93. The van der Waals surface area contributed by atoms with Gasteiger partial charge in [-0.3, -0.25) is 0 Å². The van der Waals surface area contributed by atoms with E-state index in [-0.39, 0.29) is 11.8 Å². The number of carbonyl (C=O) groups is 1. The van der Waals surface area contributed by atoms with Gasteiger partial charge in [0.05, 0.1) is 0 Å². The lowest BCUT2D eigenvalue weighted by atomic mass is 10.2. The summed E-state index contributed by atoms with van der Waals surface area (Å²) < 4.78 is 0. The molecule has 0 atom stereocenters. The summed E-state index contributed by atoms with van der Waals surface area (Å²) in [7, 11) is 0. The fourth-order valence-electron chi connectivity index (χ4n) is 1.54. The van der Waals surface area contributed by atoms with Gasteiger partial charge in [0.15, 0.2) is 0 Å². The predicted molar refractivity (Wildman–Crippen MR) is 51.9 cm³/mol. The van der Waals surface area contributed by atoms with Gasteiger partial charge in [-0.1, -0.05) is 12.1 Å². The normalized spacial score (nSPS) is 15.7. The Hall–Kier alpha value is -1.71. The molecule has 0 radical (unpaired) electrons. The third-order valence-corrected chi connectivity index (χ3v) is 2.23. The molecule has 2 rings (SSSR count). The predicted octanol–water partition coefficient (Wildman–Crippen LogP) is 0.917. The highest BCUT2D eigenvalue weighted by atomic mass is 16.3. The third-order valence-electron chi connectivity index (χ3n) is 2.23. The molecule has 4 nitrogen and oxygen atoms in total. The molecule has 74 valence electrons. The molecule has 1 aromatic carbocycles. The Labute approximate surface area is 82.2 Å². The van der Waals surface area contributed by atoms with Crippen LogP contribution in [0.25, 0.3) is 0 Å². The third kappa shape index (κ3) is 1.79. The summed E-state index contributed by atoms with van der Waals surface area (Å²) in [5, 5.41) is 12.0. The topological polar surface area (TPSA) is 52.6 Å². The van der Waals surface area contributed by atoms with Crippen molar-refractivity contribution in [3.05, 3.63) is 29.8 Å². The first kappa shape index (κ1) is 8.87. The molecule has 0 aromatic heterocycles. The fourth-order valence-corrected chi connectivity index (χ4v) is 1.54. The SMILES string of the molecule is O=C1NCCN1Cc1cccc(O)c1. The number of phenols is 1. The van der Waals surface area contributed by atoms with Gasteiger partial charge in [-0.25, -0.2) is 4.79 Å². The second-order valence-corrected chi connectivity index (χ2v) is 3.32. The van der Waals surface area contributed by atoms with Crippen molar-refractivity contribution in [2.24, 2.45) is 0 Å². The van der Waals surface area contributed by atoms with Crippen LogP contribution in [0.3, 0.4) is 0 Å². The van der Waals surface area contributed by atoms with E-state index in [1.165, 1.54) is 0 Å². The first-order valence-electron chi connectivity index (χ1n) is 4.56. The average molecular weight is 192 g/mol. The second-order valence-electron chi connectivity index (χ2n) is 3.32. The van der Waals surface area contributed by atoms with Crippen molar-refractivity contribution in [3.63, 3.8) is 0 Å². The maximum atomic E-state index is 11.2. The quantitative estimate of drug-likeness (QED) is 0.732. The zero-order chi connectivity index (χ0) is 9.97. The van der Waals surface area contributed by atoms with Crippen LogP contribution in [0.15, 0.2) is 24.3 Å². The Kier molecular flexibility index (Phi) is 2.26. The first-order valence-corrected chi connectivity index (χ1v) is 4.56. The van der Waals surface area contributed by atoms with E-state index >= 15 is 0 Å². The highest BCUT2D eigenvalue weighted by Crippen LogP contribution is 2.13. The number of rotatable bonds is 2. The van der Waals surface area contributed by atoms with Crippen LogP contribution < -0.4 is 5.32 Å². The van der Waals surface area contributed by atoms with Gasteiger partial charge in [0.1, 0.15) is 5.75 Å². The Balaban J connectivity index is 2.07. The number of aromatic hydroxyl groups is 1. The highest BCUT2D eigenvalue weighted by molar-refractivity contribution is 5.76. The van der Waals surface area contributed by atoms with Crippen molar-refractivity contribution < 1.29 is 9.90 Å². The number of nitrogens with one attached hydrogen (secondary N) is 1. The van der Waals surface area contributed by atoms with Crippen LogP contribution in [0.4, 0.5) is 4.79 Å². The van der Waals surface area contributed by atoms with Gasteiger partial charge in [-0.15, -0.1) is 0 Å². The Morgan fingerprint density at radius 3 is 3.00 bits per heavy atom. The number of urea groups is 1. The van der Waals surface area contributed by atoms with Crippen molar-refractivity contribution in [1.29, 1.82) is 0 Å². The van der Waals surface area contributed by atoms with Crippen LogP contribution in [0.2, 0.25) is 0 Å². The fraction of sp³-hybridized carbons (Fsp3) is 0.300. The van der Waals surface area contributed by atoms with Gasteiger partial charge in [-0.05, 0) is 17.7 Å². The molecular formula is C10H12N2O2. The van der Waals surface area contributed by atoms with E-state index < -0.39 is 0 Å². The minimum atomic E-state index is -0.0339. The molecule has 0 aliphatic carbocycles. The van der Waals surface area contributed by atoms with E-state index in [1.807, 2.05) is 6.07 Å². The lowest BCUT2D eigenvalue weighted by Gasteiger charge is -2.13. The number of nitrogens with zero attached hydrogens (tertiary/aromatic N) is 1. The minimum absolute atomic E-state index is 0.0339. The summed E-state index contributed by atoms with van der Waals surface area (Å²) in [6.45, 7) is 1.99. The van der Waals surface area contributed by atoms with E-state index in [2.05, 4.69) is 5.32 Å². The summed E-state index contributed by atoms with van der Waals surface area (Å²) in [4.78, 5) is 12.9. The molecule has 0 unspecified atom stereocenters. The van der Waals surface area contributed by atoms with Gasteiger partial charge < -0.3 is 15.3 Å². The Morgan fingerprint density at radius 1 is 1.50 bits per heavy atom. The molecule has 0 bridgehead atoms. The van der Waals surface area contributed by atoms with Crippen molar-refractivity contribution >= 4 is 6.03 Å². The van der Waals surface area contributed by atoms with Gasteiger partial charge in [0.25, 0.3) is 0 Å². The first-order chi connectivity index (χ1) is 6.75. The number of benzene rings is 1. The van der Waals surface area contributed by atoms with Gasteiger partial charge >= 0.3 is 6.03 Å². The van der Waals surface area contributed by atoms with E-state index in [9.17, 15) is 9.90 Å². The largest absolute Gasteiger partial charge is 0.508 e. The van der Waals surface area contributed by atoms with Gasteiger partial charge in [-0.2, -0.15) is 0 Å². The molecule has 0 spiro atoms. The molecule has 14 heavy (non-hydrogen) atoms.